The van der Waals surface area contributed by atoms with Gasteiger partial charge in [-0.2, -0.15) is 0 Å². The summed E-state index contributed by atoms with van der Waals surface area (Å²) in [7, 11) is 0. The first-order valence-corrected chi connectivity index (χ1v) is 5.48. The minimum Gasteiger partial charge on any atom is -0.370 e. The van der Waals surface area contributed by atoms with Crippen molar-refractivity contribution in [3.63, 3.8) is 0 Å². The van der Waals surface area contributed by atoms with Crippen LogP contribution in [0.1, 0.15) is 37.9 Å². The number of ketones is 1. The van der Waals surface area contributed by atoms with Gasteiger partial charge in [0.25, 0.3) is 0 Å². The van der Waals surface area contributed by atoms with Crippen molar-refractivity contribution in [3.05, 3.63) is 35.9 Å². The average Bonchev–Trinajstić information content (AvgIpc) is 2.41. The Hall–Kier alpha value is -1.15. The topological polar surface area (TPSA) is 26.3 Å². The van der Waals surface area contributed by atoms with Crippen LogP contribution in [0.25, 0.3) is 0 Å². The van der Waals surface area contributed by atoms with E-state index in [1.165, 1.54) is 5.56 Å². The van der Waals surface area contributed by atoms with Gasteiger partial charge in [0.15, 0.2) is 0 Å². The molecule has 1 saturated heterocycles. The summed E-state index contributed by atoms with van der Waals surface area (Å²) in [6.45, 7) is 1.97. The molecule has 1 aromatic rings. The molecular weight excluding hydrogens is 188 g/mol. The van der Waals surface area contributed by atoms with Crippen molar-refractivity contribution in [1.29, 1.82) is 0 Å². The molecule has 0 bridgehead atoms. The molecular formula is C13H16O2. The summed E-state index contributed by atoms with van der Waals surface area (Å²) >= 11 is 0. The van der Waals surface area contributed by atoms with E-state index < -0.39 is 0 Å². The van der Waals surface area contributed by atoms with Gasteiger partial charge in [0, 0.05) is 12.8 Å². The van der Waals surface area contributed by atoms with Gasteiger partial charge in [-0.05, 0) is 18.9 Å². The summed E-state index contributed by atoms with van der Waals surface area (Å²) in [6.07, 6.45) is 2.15. The maximum atomic E-state index is 11.4. The zero-order valence-electron chi connectivity index (χ0n) is 8.98. The lowest BCUT2D eigenvalue weighted by molar-refractivity contribution is -0.120. The van der Waals surface area contributed by atoms with E-state index in [1.807, 2.05) is 25.1 Å². The molecule has 2 nitrogen and oxygen atoms in total. The molecule has 0 radical (unpaired) electrons. The Morgan fingerprint density at radius 1 is 1.27 bits per heavy atom. The molecule has 0 amide bonds. The van der Waals surface area contributed by atoms with Gasteiger partial charge in [-0.3, -0.25) is 4.79 Å². The number of hydrogen-bond donors (Lipinski definition) is 0. The fourth-order valence-electron chi connectivity index (χ4n) is 2.02. The van der Waals surface area contributed by atoms with Gasteiger partial charge in [0.2, 0.25) is 0 Å². The van der Waals surface area contributed by atoms with E-state index in [0.717, 1.165) is 6.42 Å². The summed E-state index contributed by atoms with van der Waals surface area (Å²) in [5.41, 5.74) is 1.18. The van der Waals surface area contributed by atoms with Crippen molar-refractivity contribution < 1.29 is 9.53 Å². The molecule has 80 valence electrons. The summed E-state index contributed by atoms with van der Waals surface area (Å²) < 4.78 is 5.85. The van der Waals surface area contributed by atoms with Crippen LogP contribution in [0.3, 0.4) is 0 Å². The third kappa shape index (κ3) is 2.66. The molecule has 15 heavy (non-hydrogen) atoms. The van der Waals surface area contributed by atoms with Crippen molar-refractivity contribution in [2.75, 3.05) is 0 Å². The monoisotopic (exact) mass is 204 g/mol. The quantitative estimate of drug-likeness (QED) is 0.703. The normalized spacial score (nSPS) is 27.4. The number of ether oxygens (including phenoxy) is 1. The highest BCUT2D eigenvalue weighted by Gasteiger charge is 2.22. The number of benzene rings is 1. The van der Waals surface area contributed by atoms with Crippen LogP contribution in [-0.2, 0) is 9.53 Å². The SMILES string of the molecule is C[C@H]1CC(=O)CC[C@@H](c2ccccc2)O1. The second-order valence-corrected chi connectivity index (χ2v) is 4.13. The molecule has 0 aromatic heterocycles. The van der Waals surface area contributed by atoms with E-state index >= 15 is 0 Å². The van der Waals surface area contributed by atoms with E-state index in [9.17, 15) is 4.79 Å². The minimum absolute atomic E-state index is 0.0465. The molecule has 0 saturated carbocycles. The maximum absolute atomic E-state index is 11.4. The second-order valence-electron chi connectivity index (χ2n) is 4.13. The van der Waals surface area contributed by atoms with Crippen molar-refractivity contribution in [2.45, 2.75) is 38.4 Å². The van der Waals surface area contributed by atoms with Crippen LogP contribution in [0.2, 0.25) is 0 Å². The number of hydrogen-bond acceptors (Lipinski definition) is 2. The summed E-state index contributed by atoms with van der Waals surface area (Å²) in [5, 5.41) is 0. The molecule has 1 aromatic carbocycles. The Balaban J connectivity index is 2.13. The Bertz CT molecular complexity index is 332. The number of carbonyl (C=O) groups is 1. The van der Waals surface area contributed by atoms with Crippen molar-refractivity contribution in [1.82, 2.24) is 0 Å². The standard InChI is InChI=1S/C13H16O2/c1-10-9-12(14)7-8-13(15-10)11-5-3-2-4-6-11/h2-6,10,13H,7-9H2,1H3/t10-,13-/m0/s1. The molecule has 0 N–H and O–H groups in total. The first-order valence-electron chi connectivity index (χ1n) is 5.48. The third-order valence-electron chi connectivity index (χ3n) is 2.77. The number of Topliss-reactive ketones (excluding diaryl/α,β-unsaturated/α-hetero) is 1. The fourth-order valence-corrected chi connectivity index (χ4v) is 2.02. The summed E-state index contributed by atoms with van der Waals surface area (Å²) in [6, 6.07) is 10.1. The number of carbonyl (C=O) groups excluding carboxylic acids is 1. The average molecular weight is 204 g/mol. The van der Waals surface area contributed by atoms with Gasteiger partial charge in [0.05, 0.1) is 12.2 Å². The summed E-state index contributed by atoms with van der Waals surface area (Å²) in [4.78, 5) is 11.4. The molecule has 2 atom stereocenters. The molecule has 1 aliphatic rings. The van der Waals surface area contributed by atoms with Crippen LogP contribution < -0.4 is 0 Å². The van der Waals surface area contributed by atoms with Crippen LogP contribution in [0, 0.1) is 0 Å². The zero-order chi connectivity index (χ0) is 10.7. The highest BCUT2D eigenvalue weighted by Crippen LogP contribution is 2.28. The van der Waals surface area contributed by atoms with Gasteiger partial charge in [-0.1, -0.05) is 30.3 Å². The molecule has 2 rings (SSSR count). The Kier molecular flexibility index (Phi) is 3.17. The summed E-state index contributed by atoms with van der Waals surface area (Å²) in [5.74, 6) is 0.320. The van der Waals surface area contributed by atoms with Gasteiger partial charge in [-0.15, -0.1) is 0 Å². The number of rotatable bonds is 1. The van der Waals surface area contributed by atoms with Crippen molar-refractivity contribution in [3.8, 4) is 0 Å². The maximum Gasteiger partial charge on any atom is 0.135 e. The fraction of sp³-hybridized carbons (Fsp3) is 0.462. The van der Waals surface area contributed by atoms with E-state index in [-0.39, 0.29) is 12.2 Å². The largest absolute Gasteiger partial charge is 0.370 e. The van der Waals surface area contributed by atoms with Crippen LogP contribution in [0.15, 0.2) is 30.3 Å². The van der Waals surface area contributed by atoms with Gasteiger partial charge in [-0.25, -0.2) is 0 Å². The van der Waals surface area contributed by atoms with E-state index in [2.05, 4.69) is 12.1 Å². The van der Waals surface area contributed by atoms with Crippen LogP contribution in [-0.4, -0.2) is 11.9 Å². The lowest BCUT2D eigenvalue weighted by Gasteiger charge is -2.18. The van der Waals surface area contributed by atoms with E-state index in [0.29, 0.717) is 18.6 Å². The Morgan fingerprint density at radius 3 is 2.73 bits per heavy atom. The predicted molar refractivity (Wildman–Crippen MR) is 58.6 cm³/mol. The Morgan fingerprint density at radius 2 is 2.00 bits per heavy atom. The van der Waals surface area contributed by atoms with Crippen molar-refractivity contribution in [2.24, 2.45) is 0 Å². The van der Waals surface area contributed by atoms with Crippen LogP contribution >= 0.6 is 0 Å². The second kappa shape index (κ2) is 4.58. The first kappa shape index (κ1) is 10.4. The highest BCUT2D eigenvalue weighted by atomic mass is 16.5. The van der Waals surface area contributed by atoms with Gasteiger partial charge < -0.3 is 4.74 Å². The predicted octanol–water partition coefficient (Wildman–Crippen LogP) is 2.89. The van der Waals surface area contributed by atoms with Gasteiger partial charge in [0.1, 0.15) is 5.78 Å². The van der Waals surface area contributed by atoms with Gasteiger partial charge >= 0.3 is 0 Å². The lowest BCUT2D eigenvalue weighted by Crippen LogP contribution is -2.12. The van der Waals surface area contributed by atoms with Crippen LogP contribution in [0.5, 0.6) is 0 Å². The molecule has 0 unspecified atom stereocenters. The third-order valence-corrected chi connectivity index (χ3v) is 2.77. The highest BCUT2D eigenvalue weighted by molar-refractivity contribution is 5.79. The first-order chi connectivity index (χ1) is 7.25. The van der Waals surface area contributed by atoms with E-state index in [1.54, 1.807) is 0 Å². The zero-order valence-corrected chi connectivity index (χ0v) is 8.98. The van der Waals surface area contributed by atoms with E-state index in [4.69, 9.17) is 4.74 Å². The molecule has 0 spiro atoms. The minimum atomic E-state index is 0.0465. The molecule has 2 heteroatoms. The Labute approximate surface area is 90.3 Å². The molecule has 0 aliphatic carbocycles. The molecule has 1 aliphatic heterocycles. The smallest absolute Gasteiger partial charge is 0.135 e. The van der Waals surface area contributed by atoms with Crippen LogP contribution in [0.4, 0.5) is 0 Å². The van der Waals surface area contributed by atoms with Crippen molar-refractivity contribution >= 4 is 5.78 Å². The molecule has 1 fully saturated rings. The molecule has 1 heterocycles. The lowest BCUT2D eigenvalue weighted by atomic mass is 10.0.